The summed E-state index contributed by atoms with van der Waals surface area (Å²) in [7, 11) is 1.66. The molecule has 24 heavy (non-hydrogen) atoms. The highest BCUT2D eigenvalue weighted by molar-refractivity contribution is 5.25. The van der Waals surface area contributed by atoms with Crippen LogP contribution in [0.2, 0.25) is 0 Å². The third kappa shape index (κ3) is 2.89. The zero-order valence-electron chi connectivity index (χ0n) is 14.0. The molecular weight excluding hydrogens is 308 g/mol. The molecule has 0 spiro atoms. The fourth-order valence-electron chi connectivity index (χ4n) is 3.84. The molecule has 2 fully saturated rings. The Kier molecular flexibility index (Phi) is 4.20. The summed E-state index contributed by atoms with van der Waals surface area (Å²) in [4.78, 5) is 6.76. The predicted molar refractivity (Wildman–Crippen MR) is 85.7 cm³/mol. The van der Waals surface area contributed by atoms with E-state index in [1.807, 2.05) is 13.0 Å². The van der Waals surface area contributed by atoms with Gasteiger partial charge in [0.15, 0.2) is 0 Å². The molecule has 2 saturated heterocycles. The van der Waals surface area contributed by atoms with E-state index in [2.05, 4.69) is 26.1 Å². The van der Waals surface area contributed by atoms with E-state index in [1.165, 1.54) is 0 Å². The smallest absolute Gasteiger partial charge is 0.220 e. The molecule has 0 amide bonds. The van der Waals surface area contributed by atoms with E-state index in [4.69, 9.17) is 13.9 Å². The van der Waals surface area contributed by atoms with Gasteiger partial charge in [-0.05, 0) is 18.9 Å². The Bertz CT molecular complexity index is 705. The van der Waals surface area contributed by atoms with E-state index < -0.39 is 0 Å². The number of rotatable bonds is 4. The summed E-state index contributed by atoms with van der Waals surface area (Å²) in [5.41, 5.74) is 1.09. The second-order valence-electron chi connectivity index (χ2n) is 6.46. The standard InChI is InChI=1S/C17H22N4O3/c1-11-19-20-17(24-11)13-8-15-14(5-7-23-15)21(10-13)9-12-4-3-6-18-16(12)22-2/h3-4,6,13-15H,5,7-10H2,1-2H3/t13-,14+,15+/m1/s1. The first-order valence-electron chi connectivity index (χ1n) is 8.38. The third-order valence-electron chi connectivity index (χ3n) is 4.92. The van der Waals surface area contributed by atoms with Crippen LogP contribution in [0.25, 0.3) is 0 Å². The van der Waals surface area contributed by atoms with Crippen molar-refractivity contribution >= 4 is 0 Å². The Morgan fingerprint density at radius 3 is 3.08 bits per heavy atom. The number of nitrogens with zero attached hydrogens (tertiary/aromatic N) is 4. The summed E-state index contributed by atoms with van der Waals surface area (Å²) in [6, 6.07) is 4.44. The normalized spacial score (nSPS) is 27.2. The minimum absolute atomic E-state index is 0.202. The van der Waals surface area contributed by atoms with Crippen molar-refractivity contribution < 1.29 is 13.9 Å². The molecular formula is C17H22N4O3. The van der Waals surface area contributed by atoms with Crippen LogP contribution in [-0.2, 0) is 11.3 Å². The van der Waals surface area contributed by atoms with Crippen molar-refractivity contribution in [1.82, 2.24) is 20.1 Å². The second-order valence-corrected chi connectivity index (χ2v) is 6.46. The highest BCUT2D eigenvalue weighted by Crippen LogP contribution is 2.37. The molecule has 7 heteroatoms. The monoisotopic (exact) mass is 330 g/mol. The summed E-state index contributed by atoms with van der Waals surface area (Å²) in [6.45, 7) is 4.30. The van der Waals surface area contributed by atoms with Gasteiger partial charge in [0.05, 0.1) is 19.1 Å². The lowest BCUT2D eigenvalue weighted by Gasteiger charge is -2.39. The van der Waals surface area contributed by atoms with Gasteiger partial charge < -0.3 is 13.9 Å². The molecule has 4 heterocycles. The molecule has 128 valence electrons. The summed E-state index contributed by atoms with van der Waals surface area (Å²) < 4.78 is 17.0. The van der Waals surface area contributed by atoms with Crippen LogP contribution in [0.1, 0.15) is 36.1 Å². The van der Waals surface area contributed by atoms with Crippen LogP contribution in [0.3, 0.4) is 0 Å². The number of fused-ring (bicyclic) bond motifs is 1. The van der Waals surface area contributed by atoms with Crippen molar-refractivity contribution in [2.75, 3.05) is 20.3 Å². The number of methoxy groups -OCH3 is 1. The van der Waals surface area contributed by atoms with Crippen molar-refractivity contribution in [1.29, 1.82) is 0 Å². The molecule has 7 nitrogen and oxygen atoms in total. The predicted octanol–water partition coefficient (Wildman–Crippen LogP) is 1.93. The first kappa shape index (κ1) is 15.5. The lowest BCUT2D eigenvalue weighted by molar-refractivity contribution is 0.00890. The van der Waals surface area contributed by atoms with Crippen molar-refractivity contribution in [2.24, 2.45) is 0 Å². The number of hydrogen-bond donors (Lipinski definition) is 0. The largest absolute Gasteiger partial charge is 0.481 e. The zero-order valence-corrected chi connectivity index (χ0v) is 14.0. The van der Waals surface area contributed by atoms with Gasteiger partial charge in [-0.25, -0.2) is 4.98 Å². The molecule has 3 atom stereocenters. The maximum Gasteiger partial charge on any atom is 0.220 e. The number of ether oxygens (including phenoxy) is 2. The molecule has 2 aliphatic rings. The molecule has 0 saturated carbocycles. The average molecular weight is 330 g/mol. The Hall–Kier alpha value is -1.99. The van der Waals surface area contributed by atoms with Crippen molar-refractivity contribution in [3.63, 3.8) is 0 Å². The first-order chi connectivity index (χ1) is 11.7. The number of hydrogen-bond acceptors (Lipinski definition) is 7. The van der Waals surface area contributed by atoms with E-state index in [9.17, 15) is 0 Å². The number of likely N-dealkylation sites (tertiary alicyclic amines) is 1. The van der Waals surface area contributed by atoms with Gasteiger partial charge in [-0.3, -0.25) is 4.90 Å². The van der Waals surface area contributed by atoms with Crippen LogP contribution in [0, 0.1) is 6.92 Å². The summed E-state index contributed by atoms with van der Waals surface area (Å²) >= 11 is 0. The molecule has 2 aliphatic heterocycles. The van der Waals surface area contributed by atoms with Crippen LogP contribution in [0.15, 0.2) is 22.7 Å². The van der Waals surface area contributed by atoms with Gasteiger partial charge >= 0.3 is 0 Å². The van der Waals surface area contributed by atoms with Crippen molar-refractivity contribution in [3.05, 3.63) is 35.7 Å². The summed E-state index contributed by atoms with van der Waals surface area (Å²) in [5, 5.41) is 8.20. The SMILES string of the molecule is COc1ncccc1CN1C[C@H](c2nnc(C)o2)C[C@@H]2OCC[C@@H]21. The zero-order chi connectivity index (χ0) is 16.5. The minimum Gasteiger partial charge on any atom is -0.481 e. The third-order valence-corrected chi connectivity index (χ3v) is 4.92. The molecule has 0 radical (unpaired) electrons. The fraction of sp³-hybridized carbons (Fsp3) is 0.588. The summed E-state index contributed by atoms with van der Waals surface area (Å²) in [6.07, 6.45) is 3.97. The lowest BCUT2D eigenvalue weighted by Crippen LogP contribution is -2.48. The van der Waals surface area contributed by atoms with E-state index in [0.29, 0.717) is 23.7 Å². The van der Waals surface area contributed by atoms with E-state index in [0.717, 1.165) is 38.1 Å². The van der Waals surface area contributed by atoms with Gasteiger partial charge in [0.2, 0.25) is 17.7 Å². The minimum atomic E-state index is 0.202. The Labute approximate surface area is 141 Å². The molecule has 4 rings (SSSR count). The van der Waals surface area contributed by atoms with Gasteiger partial charge in [0.1, 0.15) is 0 Å². The van der Waals surface area contributed by atoms with Gasteiger partial charge in [-0.2, -0.15) is 0 Å². The Morgan fingerprint density at radius 1 is 1.38 bits per heavy atom. The first-order valence-corrected chi connectivity index (χ1v) is 8.38. The number of aromatic nitrogens is 3. The number of piperidine rings is 1. The topological polar surface area (TPSA) is 73.5 Å². The van der Waals surface area contributed by atoms with Crippen LogP contribution in [0.4, 0.5) is 0 Å². The van der Waals surface area contributed by atoms with E-state index in [1.54, 1.807) is 13.3 Å². The van der Waals surface area contributed by atoms with E-state index >= 15 is 0 Å². The molecule has 2 aromatic rings. The molecule has 0 N–H and O–H groups in total. The van der Waals surface area contributed by atoms with Crippen LogP contribution in [-0.4, -0.2) is 52.5 Å². The lowest BCUT2D eigenvalue weighted by atomic mass is 9.89. The second kappa shape index (κ2) is 6.49. The number of aryl methyl sites for hydroxylation is 1. The molecule has 2 aromatic heterocycles. The average Bonchev–Trinajstić information content (AvgIpc) is 3.24. The van der Waals surface area contributed by atoms with Crippen molar-refractivity contribution in [3.8, 4) is 5.88 Å². The van der Waals surface area contributed by atoms with Crippen LogP contribution >= 0.6 is 0 Å². The van der Waals surface area contributed by atoms with Gasteiger partial charge in [0, 0.05) is 44.4 Å². The Balaban J connectivity index is 1.57. The summed E-state index contributed by atoms with van der Waals surface area (Å²) in [5.74, 6) is 2.21. The Morgan fingerprint density at radius 2 is 2.29 bits per heavy atom. The maximum atomic E-state index is 5.96. The highest BCUT2D eigenvalue weighted by Gasteiger charge is 2.42. The molecule has 0 aliphatic carbocycles. The van der Waals surface area contributed by atoms with E-state index in [-0.39, 0.29) is 12.0 Å². The highest BCUT2D eigenvalue weighted by atomic mass is 16.5. The number of pyridine rings is 1. The van der Waals surface area contributed by atoms with Gasteiger partial charge in [0.25, 0.3) is 0 Å². The molecule has 0 aromatic carbocycles. The quantitative estimate of drug-likeness (QED) is 0.848. The molecule has 0 unspecified atom stereocenters. The van der Waals surface area contributed by atoms with Crippen LogP contribution < -0.4 is 4.74 Å². The van der Waals surface area contributed by atoms with Gasteiger partial charge in [-0.1, -0.05) is 6.07 Å². The maximum absolute atomic E-state index is 5.96. The fourth-order valence-corrected chi connectivity index (χ4v) is 3.84. The van der Waals surface area contributed by atoms with Crippen LogP contribution in [0.5, 0.6) is 5.88 Å². The molecule has 0 bridgehead atoms. The van der Waals surface area contributed by atoms with Crippen molar-refractivity contribution in [2.45, 2.75) is 44.4 Å². The van der Waals surface area contributed by atoms with Gasteiger partial charge in [-0.15, -0.1) is 10.2 Å².